The molecule has 1 aliphatic carbocycles. The van der Waals surface area contributed by atoms with Crippen LogP contribution in [0.3, 0.4) is 0 Å². The van der Waals surface area contributed by atoms with Crippen molar-refractivity contribution in [2.24, 2.45) is 11.1 Å². The molecule has 3 N–H and O–H groups in total. The van der Waals surface area contributed by atoms with Crippen molar-refractivity contribution in [2.75, 3.05) is 18.4 Å². The van der Waals surface area contributed by atoms with Crippen molar-refractivity contribution in [3.63, 3.8) is 0 Å². The maximum atomic E-state index is 5.69. The first-order chi connectivity index (χ1) is 7.15. The summed E-state index contributed by atoms with van der Waals surface area (Å²) in [5, 5.41) is 11.2. The lowest BCUT2D eigenvalue weighted by Gasteiger charge is -2.12. The molecule has 15 heavy (non-hydrogen) atoms. The van der Waals surface area contributed by atoms with Gasteiger partial charge in [0.05, 0.1) is 11.4 Å². The SMILES string of the molecule is Cc1nnc(NCC2(CN)CC2)nc1C. The Kier molecular flexibility index (Phi) is 2.56. The number of nitrogens with two attached hydrogens (primary N) is 1. The normalized spacial score (nSPS) is 17.5. The molecule has 0 aromatic carbocycles. The van der Waals surface area contributed by atoms with Crippen molar-refractivity contribution in [2.45, 2.75) is 26.7 Å². The third-order valence-corrected chi connectivity index (χ3v) is 3.10. The maximum Gasteiger partial charge on any atom is 0.242 e. The van der Waals surface area contributed by atoms with E-state index in [1.807, 2.05) is 13.8 Å². The summed E-state index contributed by atoms with van der Waals surface area (Å²) < 4.78 is 0. The molecule has 5 nitrogen and oxygen atoms in total. The minimum absolute atomic E-state index is 0.294. The first-order valence-electron chi connectivity index (χ1n) is 5.27. The van der Waals surface area contributed by atoms with E-state index in [2.05, 4.69) is 20.5 Å². The molecular weight excluding hydrogens is 190 g/mol. The molecule has 1 saturated carbocycles. The molecule has 0 radical (unpaired) electrons. The Labute approximate surface area is 89.5 Å². The van der Waals surface area contributed by atoms with Gasteiger partial charge in [-0.05, 0) is 33.2 Å². The molecule has 1 aliphatic rings. The molecule has 1 aromatic rings. The van der Waals surface area contributed by atoms with Crippen molar-refractivity contribution >= 4 is 5.95 Å². The zero-order chi connectivity index (χ0) is 10.9. The number of anilines is 1. The average molecular weight is 207 g/mol. The molecule has 1 aromatic heterocycles. The number of aryl methyl sites for hydroxylation is 2. The van der Waals surface area contributed by atoms with Crippen LogP contribution in [0.1, 0.15) is 24.2 Å². The maximum absolute atomic E-state index is 5.69. The van der Waals surface area contributed by atoms with Gasteiger partial charge in [-0.15, -0.1) is 5.10 Å². The van der Waals surface area contributed by atoms with Gasteiger partial charge in [-0.3, -0.25) is 0 Å². The first-order valence-corrected chi connectivity index (χ1v) is 5.27. The monoisotopic (exact) mass is 207 g/mol. The fourth-order valence-electron chi connectivity index (χ4n) is 1.43. The van der Waals surface area contributed by atoms with Gasteiger partial charge in [0.15, 0.2) is 0 Å². The summed E-state index contributed by atoms with van der Waals surface area (Å²) in [6.07, 6.45) is 2.41. The van der Waals surface area contributed by atoms with Crippen LogP contribution in [-0.2, 0) is 0 Å². The molecule has 2 rings (SSSR count). The van der Waals surface area contributed by atoms with E-state index >= 15 is 0 Å². The summed E-state index contributed by atoms with van der Waals surface area (Å²) in [5.74, 6) is 0.609. The summed E-state index contributed by atoms with van der Waals surface area (Å²) in [6.45, 7) is 5.43. The van der Waals surface area contributed by atoms with Gasteiger partial charge in [0.1, 0.15) is 0 Å². The van der Waals surface area contributed by atoms with Crippen LogP contribution in [0.15, 0.2) is 0 Å². The number of aromatic nitrogens is 3. The van der Waals surface area contributed by atoms with Crippen LogP contribution in [-0.4, -0.2) is 28.3 Å². The van der Waals surface area contributed by atoms with E-state index in [-0.39, 0.29) is 0 Å². The summed E-state index contributed by atoms with van der Waals surface area (Å²) >= 11 is 0. The molecule has 0 amide bonds. The second kappa shape index (κ2) is 3.73. The van der Waals surface area contributed by atoms with E-state index in [1.54, 1.807) is 0 Å². The van der Waals surface area contributed by atoms with Crippen molar-refractivity contribution in [1.29, 1.82) is 0 Å². The van der Waals surface area contributed by atoms with Crippen molar-refractivity contribution in [1.82, 2.24) is 15.2 Å². The predicted octanol–water partition coefficient (Wildman–Crippen LogP) is 0.639. The Balaban J connectivity index is 1.96. The fraction of sp³-hybridized carbons (Fsp3) is 0.700. The lowest BCUT2D eigenvalue weighted by molar-refractivity contribution is 0.553. The van der Waals surface area contributed by atoms with Gasteiger partial charge in [-0.1, -0.05) is 0 Å². The molecule has 1 heterocycles. The second-order valence-electron chi connectivity index (χ2n) is 4.36. The highest BCUT2D eigenvalue weighted by atomic mass is 15.2. The highest BCUT2D eigenvalue weighted by Crippen LogP contribution is 2.44. The zero-order valence-corrected chi connectivity index (χ0v) is 9.25. The second-order valence-corrected chi connectivity index (χ2v) is 4.36. The smallest absolute Gasteiger partial charge is 0.242 e. The number of hydrogen-bond acceptors (Lipinski definition) is 5. The molecule has 82 valence electrons. The van der Waals surface area contributed by atoms with Crippen LogP contribution in [0.2, 0.25) is 0 Å². The number of rotatable bonds is 4. The summed E-state index contributed by atoms with van der Waals surface area (Å²) in [4.78, 5) is 4.31. The summed E-state index contributed by atoms with van der Waals surface area (Å²) in [6, 6.07) is 0. The van der Waals surface area contributed by atoms with Crippen molar-refractivity contribution in [3.8, 4) is 0 Å². The quantitative estimate of drug-likeness (QED) is 0.757. The van der Waals surface area contributed by atoms with Gasteiger partial charge in [-0.25, -0.2) is 4.98 Å². The Bertz CT molecular complexity index is 359. The molecule has 0 bridgehead atoms. The van der Waals surface area contributed by atoms with E-state index in [0.29, 0.717) is 11.4 Å². The number of nitrogens with one attached hydrogen (secondary N) is 1. The third-order valence-electron chi connectivity index (χ3n) is 3.10. The Morgan fingerprint density at radius 3 is 2.53 bits per heavy atom. The van der Waals surface area contributed by atoms with Crippen LogP contribution >= 0.6 is 0 Å². The topological polar surface area (TPSA) is 76.7 Å². The Hall–Kier alpha value is -1.23. The van der Waals surface area contributed by atoms with Crippen LogP contribution in [0.25, 0.3) is 0 Å². The first kappa shape index (κ1) is 10.3. The van der Waals surface area contributed by atoms with Gasteiger partial charge in [0, 0.05) is 12.0 Å². The van der Waals surface area contributed by atoms with E-state index in [0.717, 1.165) is 24.5 Å². The molecule has 5 heteroatoms. The fourth-order valence-corrected chi connectivity index (χ4v) is 1.43. The predicted molar refractivity (Wildman–Crippen MR) is 58.5 cm³/mol. The Morgan fingerprint density at radius 1 is 1.27 bits per heavy atom. The zero-order valence-electron chi connectivity index (χ0n) is 9.25. The lowest BCUT2D eigenvalue weighted by Crippen LogP contribution is -2.25. The Morgan fingerprint density at radius 2 is 2.00 bits per heavy atom. The molecule has 1 fully saturated rings. The van der Waals surface area contributed by atoms with Crippen LogP contribution < -0.4 is 11.1 Å². The van der Waals surface area contributed by atoms with Crippen LogP contribution in [0.4, 0.5) is 5.95 Å². The molecule has 0 aliphatic heterocycles. The highest BCUT2D eigenvalue weighted by molar-refractivity contribution is 5.26. The molecule has 0 spiro atoms. The molecular formula is C10H17N5. The van der Waals surface area contributed by atoms with E-state index < -0.39 is 0 Å². The van der Waals surface area contributed by atoms with Gasteiger partial charge in [0.2, 0.25) is 5.95 Å². The summed E-state index contributed by atoms with van der Waals surface area (Å²) in [7, 11) is 0. The van der Waals surface area contributed by atoms with Crippen molar-refractivity contribution in [3.05, 3.63) is 11.4 Å². The van der Waals surface area contributed by atoms with E-state index in [4.69, 9.17) is 5.73 Å². The van der Waals surface area contributed by atoms with Crippen molar-refractivity contribution < 1.29 is 0 Å². The molecule has 0 unspecified atom stereocenters. The molecule has 0 saturated heterocycles. The highest BCUT2D eigenvalue weighted by Gasteiger charge is 2.40. The van der Waals surface area contributed by atoms with Gasteiger partial charge >= 0.3 is 0 Å². The standard InChI is InChI=1S/C10H17N5/c1-7-8(2)14-15-9(13-7)12-6-10(5-11)3-4-10/h3-6,11H2,1-2H3,(H,12,13,15). The van der Waals surface area contributed by atoms with E-state index in [1.165, 1.54) is 12.8 Å². The largest absolute Gasteiger partial charge is 0.352 e. The minimum atomic E-state index is 0.294. The summed E-state index contributed by atoms with van der Waals surface area (Å²) in [5.41, 5.74) is 7.78. The van der Waals surface area contributed by atoms with Crippen LogP contribution in [0, 0.1) is 19.3 Å². The molecule has 0 atom stereocenters. The van der Waals surface area contributed by atoms with Crippen LogP contribution in [0.5, 0.6) is 0 Å². The third kappa shape index (κ3) is 2.23. The average Bonchev–Trinajstić information content (AvgIpc) is 3.01. The van der Waals surface area contributed by atoms with Gasteiger partial charge < -0.3 is 11.1 Å². The van der Waals surface area contributed by atoms with Gasteiger partial charge in [0.25, 0.3) is 0 Å². The number of nitrogens with zero attached hydrogens (tertiary/aromatic N) is 3. The lowest BCUT2D eigenvalue weighted by atomic mass is 10.1. The van der Waals surface area contributed by atoms with Gasteiger partial charge in [-0.2, -0.15) is 5.10 Å². The van der Waals surface area contributed by atoms with E-state index in [9.17, 15) is 0 Å². The number of hydrogen-bond donors (Lipinski definition) is 2. The minimum Gasteiger partial charge on any atom is -0.352 e.